The second kappa shape index (κ2) is 2.10. The molecule has 1 aliphatic rings. The molecule has 0 aromatic heterocycles. The molecule has 1 amide bonds. The maximum atomic E-state index is 12.0. The van der Waals surface area contributed by atoms with E-state index in [0.717, 1.165) is 0 Å². The summed E-state index contributed by atoms with van der Waals surface area (Å²) in [6, 6.07) is 0. The first-order valence-electron chi connectivity index (χ1n) is 3.02. The van der Waals surface area contributed by atoms with Gasteiger partial charge in [-0.3, -0.25) is 10.2 Å². The van der Waals surface area contributed by atoms with Crippen molar-refractivity contribution in [3.05, 3.63) is 0 Å². The van der Waals surface area contributed by atoms with Crippen LogP contribution in [0.2, 0.25) is 0 Å². The van der Waals surface area contributed by atoms with Crippen LogP contribution in [0.1, 0.15) is 12.8 Å². The molecule has 6 heteroatoms. The maximum absolute atomic E-state index is 12.0. The first-order chi connectivity index (χ1) is 4.94. The number of carbonyl (C=O) groups is 1. The van der Waals surface area contributed by atoms with E-state index in [0.29, 0.717) is 0 Å². The first-order valence-corrected chi connectivity index (χ1v) is 3.02. The Balaban J connectivity index is 2.76. The SMILES string of the molecule is NNC(=O)C1(C(F)(F)F)CC1. The average Bonchev–Trinajstić information content (AvgIpc) is 2.63. The van der Waals surface area contributed by atoms with Crippen LogP contribution in [0.5, 0.6) is 0 Å². The Morgan fingerprint density at radius 2 is 1.91 bits per heavy atom. The number of hydrazine groups is 1. The van der Waals surface area contributed by atoms with E-state index in [2.05, 4.69) is 5.84 Å². The van der Waals surface area contributed by atoms with Crippen LogP contribution in [0.25, 0.3) is 0 Å². The lowest BCUT2D eigenvalue weighted by Crippen LogP contribution is -2.44. The quantitative estimate of drug-likeness (QED) is 0.336. The van der Waals surface area contributed by atoms with Crippen LogP contribution in [0.15, 0.2) is 0 Å². The van der Waals surface area contributed by atoms with E-state index >= 15 is 0 Å². The average molecular weight is 168 g/mol. The monoisotopic (exact) mass is 168 g/mol. The van der Waals surface area contributed by atoms with Crippen molar-refractivity contribution in [2.45, 2.75) is 19.0 Å². The van der Waals surface area contributed by atoms with Gasteiger partial charge in [0.2, 0.25) is 5.91 Å². The minimum Gasteiger partial charge on any atom is -0.293 e. The molecule has 1 rings (SSSR count). The van der Waals surface area contributed by atoms with E-state index in [1.807, 2.05) is 0 Å². The number of hydrogen-bond acceptors (Lipinski definition) is 2. The predicted molar refractivity (Wildman–Crippen MR) is 30.1 cm³/mol. The summed E-state index contributed by atoms with van der Waals surface area (Å²) in [5.74, 6) is 3.46. The van der Waals surface area contributed by atoms with Crippen molar-refractivity contribution >= 4 is 5.91 Å². The van der Waals surface area contributed by atoms with E-state index in [-0.39, 0.29) is 12.8 Å². The van der Waals surface area contributed by atoms with Gasteiger partial charge in [0, 0.05) is 0 Å². The molecule has 0 unspecified atom stereocenters. The molecule has 0 aromatic rings. The van der Waals surface area contributed by atoms with Crippen LogP contribution >= 0.6 is 0 Å². The number of alkyl halides is 3. The molecule has 0 atom stereocenters. The second-order valence-electron chi connectivity index (χ2n) is 2.55. The van der Waals surface area contributed by atoms with Crippen molar-refractivity contribution in [2.24, 2.45) is 11.3 Å². The summed E-state index contributed by atoms with van der Waals surface area (Å²) < 4.78 is 36.1. The van der Waals surface area contributed by atoms with Gasteiger partial charge in [0.25, 0.3) is 0 Å². The molecule has 1 saturated carbocycles. The Bertz CT molecular complexity index is 185. The van der Waals surface area contributed by atoms with Gasteiger partial charge >= 0.3 is 6.18 Å². The number of nitrogens with two attached hydrogens (primary N) is 1. The number of amides is 1. The summed E-state index contributed by atoms with van der Waals surface area (Å²) in [4.78, 5) is 10.6. The molecule has 0 bridgehead atoms. The second-order valence-corrected chi connectivity index (χ2v) is 2.55. The van der Waals surface area contributed by atoms with Gasteiger partial charge in [-0.15, -0.1) is 0 Å². The standard InChI is InChI=1S/C5H7F3N2O/c6-5(7,8)4(1-2-4)3(11)10-9/h1-2,9H2,(H,10,11). The van der Waals surface area contributed by atoms with Crippen molar-refractivity contribution in [3.8, 4) is 0 Å². The predicted octanol–water partition coefficient (Wildman–Crippen LogP) is 0.319. The molecule has 3 N–H and O–H groups in total. The Labute approximate surface area is 60.7 Å². The van der Waals surface area contributed by atoms with Crippen LogP contribution in [-0.2, 0) is 4.79 Å². The molecule has 1 fully saturated rings. The number of hydrogen-bond donors (Lipinski definition) is 2. The fourth-order valence-corrected chi connectivity index (χ4v) is 0.902. The molecular weight excluding hydrogens is 161 g/mol. The highest BCUT2D eigenvalue weighted by molar-refractivity contribution is 5.85. The van der Waals surface area contributed by atoms with E-state index in [9.17, 15) is 18.0 Å². The molecule has 0 aromatic carbocycles. The fraction of sp³-hybridized carbons (Fsp3) is 0.800. The van der Waals surface area contributed by atoms with Gasteiger partial charge in [0.05, 0.1) is 0 Å². The Hall–Kier alpha value is -0.780. The summed E-state index contributed by atoms with van der Waals surface area (Å²) in [5.41, 5.74) is -0.663. The van der Waals surface area contributed by atoms with Crippen LogP contribution in [0.3, 0.4) is 0 Å². The van der Waals surface area contributed by atoms with Crippen molar-refractivity contribution < 1.29 is 18.0 Å². The van der Waals surface area contributed by atoms with Gasteiger partial charge in [-0.1, -0.05) is 0 Å². The topological polar surface area (TPSA) is 55.1 Å². The molecule has 0 spiro atoms. The molecular formula is C5H7F3N2O. The van der Waals surface area contributed by atoms with Gasteiger partial charge in [0.15, 0.2) is 0 Å². The molecule has 0 radical (unpaired) electrons. The molecule has 11 heavy (non-hydrogen) atoms. The van der Waals surface area contributed by atoms with Crippen molar-refractivity contribution in [1.82, 2.24) is 5.43 Å². The third kappa shape index (κ3) is 1.07. The highest BCUT2D eigenvalue weighted by Gasteiger charge is 2.68. The lowest BCUT2D eigenvalue weighted by atomic mass is 10.1. The maximum Gasteiger partial charge on any atom is 0.403 e. The van der Waals surface area contributed by atoms with Crippen LogP contribution in [0, 0.1) is 5.41 Å². The molecule has 1 aliphatic carbocycles. The number of halogens is 3. The lowest BCUT2D eigenvalue weighted by Gasteiger charge is -2.16. The van der Waals surface area contributed by atoms with Crippen LogP contribution in [0.4, 0.5) is 13.2 Å². The normalized spacial score (nSPS) is 21.1. The van der Waals surface area contributed by atoms with Crippen molar-refractivity contribution in [3.63, 3.8) is 0 Å². The fourth-order valence-electron chi connectivity index (χ4n) is 0.902. The van der Waals surface area contributed by atoms with Crippen molar-refractivity contribution in [2.75, 3.05) is 0 Å². The highest BCUT2D eigenvalue weighted by Crippen LogP contribution is 2.57. The Kier molecular flexibility index (Phi) is 1.59. The minimum atomic E-state index is -4.46. The summed E-state index contributed by atoms with van der Waals surface area (Å²) in [5, 5.41) is 0. The largest absolute Gasteiger partial charge is 0.403 e. The molecule has 0 aliphatic heterocycles. The molecule has 64 valence electrons. The zero-order chi connectivity index (χ0) is 8.70. The summed E-state index contributed by atoms with van der Waals surface area (Å²) >= 11 is 0. The Morgan fingerprint density at radius 1 is 1.45 bits per heavy atom. The smallest absolute Gasteiger partial charge is 0.293 e. The van der Waals surface area contributed by atoms with E-state index in [1.165, 1.54) is 5.43 Å². The molecule has 3 nitrogen and oxygen atoms in total. The Morgan fingerprint density at radius 3 is 2.00 bits per heavy atom. The third-order valence-electron chi connectivity index (χ3n) is 1.86. The van der Waals surface area contributed by atoms with Gasteiger partial charge in [-0.05, 0) is 12.8 Å². The highest BCUT2D eigenvalue weighted by atomic mass is 19.4. The summed E-state index contributed by atoms with van der Waals surface area (Å²) in [6.07, 6.45) is -4.77. The number of carbonyl (C=O) groups excluding carboxylic acids is 1. The van der Waals surface area contributed by atoms with Gasteiger partial charge < -0.3 is 0 Å². The zero-order valence-electron chi connectivity index (χ0n) is 5.53. The van der Waals surface area contributed by atoms with E-state index < -0.39 is 17.5 Å². The van der Waals surface area contributed by atoms with Crippen LogP contribution in [-0.4, -0.2) is 12.1 Å². The minimum absolute atomic E-state index is 0.153. The zero-order valence-corrected chi connectivity index (χ0v) is 5.53. The third-order valence-corrected chi connectivity index (χ3v) is 1.86. The molecule has 0 saturated heterocycles. The van der Waals surface area contributed by atoms with Gasteiger partial charge in [-0.25, -0.2) is 5.84 Å². The number of nitrogens with one attached hydrogen (secondary N) is 1. The number of rotatable bonds is 1. The van der Waals surface area contributed by atoms with E-state index in [4.69, 9.17) is 0 Å². The van der Waals surface area contributed by atoms with Gasteiger partial charge in [0.1, 0.15) is 5.41 Å². The van der Waals surface area contributed by atoms with Crippen molar-refractivity contribution in [1.29, 1.82) is 0 Å². The molecule has 0 heterocycles. The van der Waals surface area contributed by atoms with Gasteiger partial charge in [-0.2, -0.15) is 13.2 Å². The first kappa shape index (κ1) is 8.32. The van der Waals surface area contributed by atoms with E-state index in [1.54, 1.807) is 0 Å². The van der Waals surface area contributed by atoms with Crippen LogP contribution < -0.4 is 11.3 Å². The lowest BCUT2D eigenvalue weighted by molar-refractivity contribution is -0.192. The summed E-state index contributed by atoms with van der Waals surface area (Å²) in [7, 11) is 0. The summed E-state index contributed by atoms with van der Waals surface area (Å²) in [6.45, 7) is 0.